The molecule has 1 spiro atoms. The van der Waals surface area contributed by atoms with Crippen molar-refractivity contribution >= 4 is 23.9 Å². The van der Waals surface area contributed by atoms with Crippen molar-refractivity contribution in [3.05, 3.63) is 0 Å². The molecule has 1 heterocycles. The van der Waals surface area contributed by atoms with Crippen molar-refractivity contribution < 1.29 is 19.2 Å². The molecule has 2 rings (SSSR count). The molecule has 2 fully saturated rings. The molecule has 0 atom stereocenters. The van der Waals surface area contributed by atoms with E-state index in [9.17, 15) is 19.2 Å². The summed E-state index contributed by atoms with van der Waals surface area (Å²) in [6.45, 7) is 4.08. The van der Waals surface area contributed by atoms with Gasteiger partial charge in [-0.25, -0.2) is 9.59 Å². The molecule has 0 radical (unpaired) electrons. The Balaban J connectivity index is 1.82. The van der Waals surface area contributed by atoms with E-state index in [1.807, 2.05) is 13.8 Å². The second-order valence-corrected chi connectivity index (χ2v) is 6.60. The molecule has 6 amide bonds. The Morgan fingerprint density at radius 2 is 1.91 bits per heavy atom. The van der Waals surface area contributed by atoms with Crippen LogP contribution in [-0.2, 0) is 9.59 Å². The number of hydrogen-bond acceptors (Lipinski definition) is 4. The van der Waals surface area contributed by atoms with Gasteiger partial charge >= 0.3 is 12.1 Å². The van der Waals surface area contributed by atoms with Crippen molar-refractivity contribution in [1.29, 1.82) is 0 Å². The molecule has 0 bridgehead atoms. The number of urea groups is 2. The first-order valence-corrected chi connectivity index (χ1v) is 8.06. The van der Waals surface area contributed by atoms with Crippen molar-refractivity contribution in [3.8, 4) is 0 Å². The number of amides is 6. The smallest absolute Gasteiger partial charge is 0.325 e. The first-order valence-electron chi connectivity index (χ1n) is 8.06. The molecule has 8 nitrogen and oxygen atoms in total. The molecule has 1 aliphatic heterocycles. The highest BCUT2D eigenvalue weighted by Gasteiger charge is 2.52. The van der Waals surface area contributed by atoms with Crippen LogP contribution in [0.25, 0.3) is 0 Å². The SMILES string of the molecule is CC(C)CCNC(=O)NC(=O)CN1C(=O)NC2(CCCC2)C1=O. The fraction of sp³-hybridized carbons (Fsp3) is 0.733. The topological polar surface area (TPSA) is 108 Å². The maximum atomic E-state index is 12.4. The maximum absolute atomic E-state index is 12.4. The first-order chi connectivity index (χ1) is 10.8. The summed E-state index contributed by atoms with van der Waals surface area (Å²) in [6.07, 6.45) is 3.77. The molecule has 1 saturated carbocycles. The predicted octanol–water partition coefficient (Wildman–Crippen LogP) is 0.723. The summed E-state index contributed by atoms with van der Waals surface area (Å²) >= 11 is 0. The lowest BCUT2D eigenvalue weighted by Crippen LogP contribution is -2.47. The summed E-state index contributed by atoms with van der Waals surface area (Å²) in [5.74, 6) is -0.597. The summed E-state index contributed by atoms with van der Waals surface area (Å²) in [4.78, 5) is 48.6. The van der Waals surface area contributed by atoms with Crippen LogP contribution in [0.3, 0.4) is 0 Å². The largest absolute Gasteiger partial charge is 0.338 e. The molecule has 0 aromatic carbocycles. The standard InChI is InChI=1S/C15H24N4O4/c1-10(2)5-8-16-13(22)17-11(20)9-19-12(21)15(18-14(19)23)6-3-4-7-15/h10H,3-9H2,1-2H3,(H,18,23)(H2,16,17,20,22). The van der Waals surface area contributed by atoms with Gasteiger partial charge in [0, 0.05) is 6.54 Å². The predicted molar refractivity (Wildman–Crippen MR) is 82.4 cm³/mol. The number of carbonyl (C=O) groups is 4. The molecule has 2 aliphatic rings. The Bertz CT molecular complexity index is 512. The lowest BCUT2D eigenvalue weighted by Gasteiger charge is -2.19. The first kappa shape index (κ1) is 17.2. The quantitative estimate of drug-likeness (QED) is 0.648. The molecular weight excluding hydrogens is 300 g/mol. The molecule has 0 unspecified atom stereocenters. The summed E-state index contributed by atoms with van der Waals surface area (Å²) in [7, 11) is 0. The third-order valence-electron chi connectivity index (χ3n) is 4.26. The van der Waals surface area contributed by atoms with E-state index in [1.165, 1.54) is 0 Å². The van der Waals surface area contributed by atoms with Gasteiger partial charge in [-0.1, -0.05) is 26.7 Å². The number of nitrogens with one attached hydrogen (secondary N) is 3. The lowest BCUT2D eigenvalue weighted by atomic mass is 9.98. The van der Waals surface area contributed by atoms with Crippen LogP contribution in [-0.4, -0.2) is 47.4 Å². The minimum absolute atomic E-state index is 0.365. The minimum Gasteiger partial charge on any atom is -0.338 e. The molecule has 1 saturated heterocycles. The minimum atomic E-state index is -0.836. The van der Waals surface area contributed by atoms with Gasteiger partial charge in [-0.2, -0.15) is 0 Å². The highest BCUT2D eigenvalue weighted by atomic mass is 16.2. The Morgan fingerprint density at radius 3 is 2.52 bits per heavy atom. The summed E-state index contributed by atoms with van der Waals surface area (Å²) < 4.78 is 0. The fourth-order valence-corrected chi connectivity index (χ4v) is 2.97. The van der Waals surface area contributed by atoms with Crippen molar-refractivity contribution in [2.75, 3.05) is 13.1 Å². The van der Waals surface area contributed by atoms with Gasteiger partial charge in [-0.05, 0) is 25.2 Å². The van der Waals surface area contributed by atoms with E-state index in [0.717, 1.165) is 24.2 Å². The molecule has 1 aliphatic carbocycles. The van der Waals surface area contributed by atoms with E-state index in [1.54, 1.807) is 0 Å². The molecular formula is C15H24N4O4. The normalized spacial score (nSPS) is 19.3. The van der Waals surface area contributed by atoms with Gasteiger partial charge < -0.3 is 10.6 Å². The van der Waals surface area contributed by atoms with Crippen LogP contribution in [0.15, 0.2) is 0 Å². The fourth-order valence-electron chi connectivity index (χ4n) is 2.97. The number of rotatable bonds is 5. The monoisotopic (exact) mass is 324 g/mol. The Kier molecular flexibility index (Phi) is 5.23. The lowest BCUT2D eigenvalue weighted by molar-refractivity contribution is -0.134. The number of nitrogens with zero attached hydrogens (tertiary/aromatic N) is 1. The zero-order valence-electron chi connectivity index (χ0n) is 13.6. The molecule has 128 valence electrons. The van der Waals surface area contributed by atoms with Gasteiger partial charge in [0.2, 0.25) is 5.91 Å². The van der Waals surface area contributed by atoms with E-state index in [0.29, 0.717) is 25.3 Å². The van der Waals surface area contributed by atoms with Crippen LogP contribution in [0.5, 0.6) is 0 Å². The van der Waals surface area contributed by atoms with E-state index in [4.69, 9.17) is 0 Å². The van der Waals surface area contributed by atoms with Crippen LogP contribution in [0.4, 0.5) is 9.59 Å². The summed E-state index contributed by atoms with van der Waals surface area (Å²) in [6, 6.07) is -1.18. The molecule has 0 aromatic heterocycles. The molecule has 8 heteroatoms. The van der Waals surface area contributed by atoms with Crippen LogP contribution in [0.2, 0.25) is 0 Å². The second-order valence-electron chi connectivity index (χ2n) is 6.60. The summed E-state index contributed by atoms with van der Waals surface area (Å²) in [5, 5.41) is 7.40. The average molecular weight is 324 g/mol. The highest BCUT2D eigenvalue weighted by Crippen LogP contribution is 2.34. The van der Waals surface area contributed by atoms with Gasteiger partial charge in [0.25, 0.3) is 5.91 Å². The van der Waals surface area contributed by atoms with Crippen molar-refractivity contribution in [2.45, 2.75) is 51.5 Å². The van der Waals surface area contributed by atoms with Crippen LogP contribution in [0, 0.1) is 5.92 Å². The van der Waals surface area contributed by atoms with Gasteiger partial charge in [-0.15, -0.1) is 0 Å². The third kappa shape index (κ3) is 4.00. The second kappa shape index (κ2) is 6.97. The molecule has 23 heavy (non-hydrogen) atoms. The van der Waals surface area contributed by atoms with E-state index in [-0.39, 0.29) is 5.91 Å². The molecule has 0 aromatic rings. The van der Waals surface area contributed by atoms with Gasteiger partial charge in [0.05, 0.1) is 0 Å². The third-order valence-corrected chi connectivity index (χ3v) is 4.26. The Morgan fingerprint density at radius 1 is 1.26 bits per heavy atom. The van der Waals surface area contributed by atoms with Gasteiger partial charge in [-0.3, -0.25) is 19.8 Å². The van der Waals surface area contributed by atoms with E-state index < -0.39 is 30.1 Å². The highest BCUT2D eigenvalue weighted by molar-refractivity contribution is 6.10. The van der Waals surface area contributed by atoms with E-state index in [2.05, 4.69) is 16.0 Å². The van der Waals surface area contributed by atoms with Crippen molar-refractivity contribution in [3.63, 3.8) is 0 Å². The van der Waals surface area contributed by atoms with Crippen LogP contribution in [0.1, 0.15) is 46.0 Å². The Labute approximate surface area is 135 Å². The van der Waals surface area contributed by atoms with Crippen molar-refractivity contribution in [2.24, 2.45) is 5.92 Å². The van der Waals surface area contributed by atoms with Gasteiger partial charge in [0.15, 0.2) is 0 Å². The van der Waals surface area contributed by atoms with Gasteiger partial charge in [0.1, 0.15) is 12.1 Å². The number of hydrogen-bond donors (Lipinski definition) is 3. The zero-order valence-corrected chi connectivity index (χ0v) is 13.6. The van der Waals surface area contributed by atoms with Crippen LogP contribution < -0.4 is 16.0 Å². The maximum Gasteiger partial charge on any atom is 0.325 e. The summed E-state index contributed by atoms with van der Waals surface area (Å²) in [5.41, 5.74) is -0.836. The Hall–Kier alpha value is -2.12. The number of carbonyl (C=O) groups excluding carboxylic acids is 4. The van der Waals surface area contributed by atoms with E-state index >= 15 is 0 Å². The number of imide groups is 2. The van der Waals surface area contributed by atoms with Crippen molar-refractivity contribution in [1.82, 2.24) is 20.9 Å². The van der Waals surface area contributed by atoms with Crippen LogP contribution >= 0.6 is 0 Å². The zero-order chi connectivity index (χ0) is 17.0. The molecule has 3 N–H and O–H groups in total. The average Bonchev–Trinajstić information content (AvgIpc) is 3.00.